The predicted molar refractivity (Wildman–Crippen MR) is 58.8 cm³/mol. The van der Waals surface area contributed by atoms with E-state index in [4.69, 9.17) is 4.74 Å². The first kappa shape index (κ1) is 10.4. The first-order valence-corrected chi connectivity index (χ1v) is 5.41. The summed E-state index contributed by atoms with van der Waals surface area (Å²) in [6, 6.07) is 2.48. The second kappa shape index (κ2) is 4.57. The number of hydrogen-bond acceptors (Lipinski definition) is 4. The number of nitrogens with zero attached hydrogens (tertiary/aromatic N) is 2. The minimum atomic E-state index is 0.342. The van der Waals surface area contributed by atoms with E-state index in [-0.39, 0.29) is 0 Å². The second-order valence-corrected chi connectivity index (χ2v) is 4.17. The number of ether oxygens (including phenoxy) is 1. The second-order valence-electron chi connectivity index (χ2n) is 4.17. The van der Waals surface area contributed by atoms with Crippen molar-refractivity contribution in [1.82, 2.24) is 10.2 Å². The van der Waals surface area contributed by atoms with E-state index in [9.17, 15) is 0 Å². The maximum absolute atomic E-state index is 5.49. The number of aryl methyl sites for hydroxylation is 1. The van der Waals surface area contributed by atoms with Gasteiger partial charge < -0.3 is 10.1 Å². The maximum Gasteiger partial charge on any atom is 0.149 e. The molecule has 0 saturated carbocycles. The summed E-state index contributed by atoms with van der Waals surface area (Å²) in [6.45, 7) is 4.96. The average molecular weight is 207 g/mol. The Bertz CT molecular complexity index is 329. The van der Waals surface area contributed by atoms with Gasteiger partial charge in [-0.25, -0.2) is 0 Å². The molecule has 0 aliphatic carbocycles. The van der Waals surface area contributed by atoms with Crippen LogP contribution in [0.25, 0.3) is 0 Å². The molecule has 4 heteroatoms. The van der Waals surface area contributed by atoms with E-state index in [2.05, 4.69) is 22.4 Å². The summed E-state index contributed by atoms with van der Waals surface area (Å²) in [5.41, 5.74) is 1.13. The van der Waals surface area contributed by atoms with Crippen LogP contribution >= 0.6 is 0 Å². The largest absolute Gasteiger partial charge is 0.378 e. The molecule has 82 valence electrons. The highest BCUT2D eigenvalue weighted by atomic mass is 16.5. The molecular formula is C11H17N3O. The third-order valence-electron chi connectivity index (χ3n) is 2.63. The van der Waals surface area contributed by atoms with E-state index in [1.165, 1.54) is 0 Å². The zero-order valence-electron chi connectivity index (χ0n) is 9.23. The van der Waals surface area contributed by atoms with Crippen LogP contribution in [-0.2, 0) is 4.74 Å². The topological polar surface area (TPSA) is 47.0 Å². The van der Waals surface area contributed by atoms with Crippen molar-refractivity contribution in [3.05, 3.63) is 17.8 Å². The molecule has 0 spiro atoms. The third-order valence-corrected chi connectivity index (χ3v) is 2.63. The van der Waals surface area contributed by atoms with E-state index in [0.29, 0.717) is 12.1 Å². The fourth-order valence-electron chi connectivity index (χ4n) is 1.87. The van der Waals surface area contributed by atoms with Crippen molar-refractivity contribution in [2.24, 2.45) is 0 Å². The van der Waals surface area contributed by atoms with Crippen LogP contribution in [0, 0.1) is 6.92 Å². The van der Waals surface area contributed by atoms with Crippen LogP contribution in [0.3, 0.4) is 0 Å². The molecule has 0 aromatic carbocycles. The highest BCUT2D eigenvalue weighted by Crippen LogP contribution is 2.17. The van der Waals surface area contributed by atoms with Gasteiger partial charge in [-0.05, 0) is 38.3 Å². The lowest BCUT2D eigenvalue weighted by Gasteiger charge is -2.28. The normalized spacial score (nSPS) is 26.3. The Kier molecular flexibility index (Phi) is 3.16. The van der Waals surface area contributed by atoms with Gasteiger partial charge in [0.2, 0.25) is 0 Å². The molecule has 1 aliphatic rings. The molecule has 0 bridgehead atoms. The molecular weight excluding hydrogens is 190 g/mol. The van der Waals surface area contributed by atoms with Gasteiger partial charge >= 0.3 is 0 Å². The number of anilines is 1. The Labute approximate surface area is 90.1 Å². The van der Waals surface area contributed by atoms with Gasteiger partial charge in [0.25, 0.3) is 0 Å². The summed E-state index contributed by atoms with van der Waals surface area (Å²) in [5, 5.41) is 11.4. The van der Waals surface area contributed by atoms with Crippen LogP contribution in [0.2, 0.25) is 0 Å². The predicted octanol–water partition coefficient (Wildman–Crippen LogP) is 1.76. The zero-order valence-corrected chi connectivity index (χ0v) is 9.23. The summed E-state index contributed by atoms with van der Waals surface area (Å²) < 4.78 is 5.49. The quantitative estimate of drug-likeness (QED) is 0.802. The smallest absolute Gasteiger partial charge is 0.149 e. The first-order valence-electron chi connectivity index (χ1n) is 5.41. The highest BCUT2D eigenvalue weighted by molar-refractivity contribution is 5.36. The standard InChI is InChI=1S/C11H17N3O/c1-8-5-11(14-12-7-8)13-10-3-4-15-9(2)6-10/h5,7,9-10H,3-4,6H2,1-2H3,(H,13,14). The van der Waals surface area contributed by atoms with Crippen molar-refractivity contribution in [3.63, 3.8) is 0 Å². The van der Waals surface area contributed by atoms with Crippen LogP contribution in [-0.4, -0.2) is 29.0 Å². The molecule has 1 aliphatic heterocycles. The van der Waals surface area contributed by atoms with Gasteiger partial charge in [-0.15, -0.1) is 5.10 Å². The number of nitrogens with one attached hydrogen (secondary N) is 1. The number of aromatic nitrogens is 2. The zero-order chi connectivity index (χ0) is 10.7. The lowest BCUT2D eigenvalue weighted by molar-refractivity contribution is 0.0231. The SMILES string of the molecule is Cc1cnnc(NC2CCOC(C)C2)c1. The highest BCUT2D eigenvalue weighted by Gasteiger charge is 2.19. The lowest BCUT2D eigenvalue weighted by atomic mass is 10.0. The summed E-state index contributed by atoms with van der Waals surface area (Å²) >= 11 is 0. The Morgan fingerprint density at radius 2 is 2.40 bits per heavy atom. The fraction of sp³-hybridized carbons (Fsp3) is 0.636. The third kappa shape index (κ3) is 2.89. The van der Waals surface area contributed by atoms with Gasteiger partial charge in [-0.2, -0.15) is 5.10 Å². The van der Waals surface area contributed by atoms with Crippen molar-refractivity contribution >= 4 is 5.82 Å². The molecule has 1 N–H and O–H groups in total. The first-order chi connectivity index (χ1) is 7.24. The number of rotatable bonds is 2. The van der Waals surface area contributed by atoms with Crippen LogP contribution in [0.5, 0.6) is 0 Å². The van der Waals surface area contributed by atoms with E-state index in [1.807, 2.05) is 13.0 Å². The average Bonchev–Trinajstić information content (AvgIpc) is 2.17. The molecule has 2 atom stereocenters. The van der Waals surface area contributed by atoms with Gasteiger partial charge in [0.1, 0.15) is 5.82 Å². The molecule has 2 unspecified atom stereocenters. The Morgan fingerprint density at radius 1 is 1.53 bits per heavy atom. The fourth-order valence-corrected chi connectivity index (χ4v) is 1.87. The molecule has 4 nitrogen and oxygen atoms in total. The Hall–Kier alpha value is -1.16. The van der Waals surface area contributed by atoms with E-state index in [0.717, 1.165) is 30.8 Å². The Morgan fingerprint density at radius 3 is 3.13 bits per heavy atom. The molecule has 1 aromatic rings. The van der Waals surface area contributed by atoms with Gasteiger partial charge in [-0.1, -0.05) is 0 Å². The monoisotopic (exact) mass is 207 g/mol. The van der Waals surface area contributed by atoms with Crippen molar-refractivity contribution in [1.29, 1.82) is 0 Å². The molecule has 1 fully saturated rings. The lowest BCUT2D eigenvalue weighted by Crippen LogP contribution is -2.32. The van der Waals surface area contributed by atoms with E-state index < -0.39 is 0 Å². The molecule has 0 radical (unpaired) electrons. The minimum absolute atomic E-state index is 0.342. The molecule has 0 amide bonds. The summed E-state index contributed by atoms with van der Waals surface area (Å²) in [6.07, 6.45) is 4.18. The van der Waals surface area contributed by atoms with Gasteiger partial charge in [0.05, 0.1) is 12.3 Å². The number of hydrogen-bond donors (Lipinski definition) is 1. The van der Waals surface area contributed by atoms with Crippen molar-refractivity contribution in [3.8, 4) is 0 Å². The summed E-state index contributed by atoms with van der Waals surface area (Å²) in [5.74, 6) is 0.870. The molecule has 2 heterocycles. The van der Waals surface area contributed by atoms with Crippen molar-refractivity contribution in [2.75, 3.05) is 11.9 Å². The van der Waals surface area contributed by atoms with Crippen LogP contribution in [0.1, 0.15) is 25.3 Å². The van der Waals surface area contributed by atoms with Crippen LogP contribution in [0.15, 0.2) is 12.3 Å². The maximum atomic E-state index is 5.49. The van der Waals surface area contributed by atoms with E-state index >= 15 is 0 Å². The molecule has 2 rings (SSSR count). The summed E-state index contributed by atoms with van der Waals surface area (Å²) in [4.78, 5) is 0. The summed E-state index contributed by atoms with van der Waals surface area (Å²) in [7, 11) is 0. The van der Waals surface area contributed by atoms with Gasteiger partial charge in [-0.3, -0.25) is 0 Å². The molecule has 1 aromatic heterocycles. The van der Waals surface area contributed by atoms with Gasteiger partial charge in [0, 0.05) is 12.6 Å². The minimum Gasteiger partial charge on any atom is -0.378 e. The van der Waals surface area contributed by atoms with E-state index in [1.54, 1.807) is 6.20 Å². The van der Waals surface area contributed by atoms with Crippen LogP contribution in [0.4, 0.5) is 5.82 Å². The molecule has 15 heavy (non-hydrogen) atoms. The van der Waals surface area contributed by atoms with Crippen LogP contribution < -0.4 is 5.32 Å². The van der Waals surface area contributed by atoms with Gasteiger partial charge in [0.15, 0.2) is 0 Å². The Balaban J connectivity index is 1.96. The molecule has 1 saturated heterocycles. The van der Waals surface area contributed by atoms with Crippen molar-refractivity contribution in [2.45, 2.75) is 38.8 Å². The van der Waals surface area contributed by atoms with Crippen molar-refractivity contribution < 1.29 is 4.74 Å².